The van der Waals surface area contributed by atoms with Gasteiger partial charge in [-0.1, -0.05) is 41.9 Å². The maximum absolute atomic E-state index is 13.0. The fourth-order valence-corrected chi connectivity index (χ4v) is 2.56. The Morgan fingerprint density at radius 3 is 2.43 bits per heavy atom. The molecule has 0 aromatic heterocycles. The molecule has 0 amide bonds. The highest BCUT2D eigenvalue weighted by molar-refractivity contribution is 9.10. The Balaban J connectivity index is 2.23. The van der Waals surface area contributed by atoms with E-state index in [2.05, 4.69) is 35.1 Å². The van der Waals surface area contributed by atoms with Crippen molar-refractivity contribution in [1.82, 2.24) is 5.32 Å². The summed E-state index contributed by atoms with van der Waals surface area (Å²) in [6, 6.07) is 10.5. The van der Waals surface area contributed by atoms with Crippen molar-refractivity contribution >= 4 is 15.9 Å². The molecule has 0 fully saturated rings. The third kappa shape index (κ3) is 4.94. The van der Waals surface area contributed by atoms with Crippen molar-refractivity contribution < 1.29 is 13.9 Å². The normalized spacial score (nSPS) is 10.9. The molecule has 0 radical (unpaired) electrons. The van der Waals surface area contributed by atoms with Crippen molar-refractivity contribution in [3.05, 3.63) is 57.8 Å². The highest BCUT2D eigenvalue weighted by atomic mass is 79.9. The van der Waals surface area contributed by atoms with Gasteiger partial charge in [0.25, 0.3) is 0 Å². The molecule has 1 N–H and O–H groups in total. The number of halogens is 2. The number of rotatable bonds is 7. The Kier molecular flexibility index (Phi) is 6.42. The summed E-state index contributed by atoms with van der Waals surface area (Å²) in [5.74, 6) is 1.12. The second-order valence-electron chi connectivity index (χ2n) is 5.51. The smallest absolute Gasteiger partial charge is 0.167 e. The molecule has 3 nitrogen and oxygen atoms in total. The van der Waals surface area contributed by atoms with Crippen LogP contribution >= 0.6 is 15.9 Å². The molecule has 2 aromatic rings. The van der Waals surface area contributed by atoms with E-state index in [0.717, 1.165) is 15.6 Å². The molecule has 0 aliphatic carbocycles. The van der Waals surface area contributed by atoms with Gasteiger partial charge in [-0.05, 0) is 29.8 Å². The average Bonchev–Trinajstić information content (AvgIpc) is 2.53. The minimum atomic E-state index is -0.254. The predicted octanol–water partition coefficient (Wildman–Crippen LogP) is 4.67. The van der Waals surface area contributed by atoms with Crippen LogP contribution < -0.4 is 14.8 Å². The first-order valence-electron chi connectivity index (χ1n) is 7.47. The molecule has 2 rings (SSSR count). The van der Waals surface area contributed by atoms with Crippen LogP contribution in [0.5, 0.6) is 11.5 Å². The minimum absolute atomic E-state index is 0.254. The number of nitrogens with one attached hydrogen (secondary N) is 1. The second-order valence-corrected chi connectivity index (χ2v) is 6.36. The number of methoxy groups -OCH3 is 1. The van der Waals surface area contributed by atoms with Crippen molar-refractivity contribution in [2.24, 2.45) is 0 Å². The van der Waals surface area contributed by atoms with Crippen LogP contribution in [0.4, 0.5) is 4.39 Å². The largest absolute Gasteiger partial charge is 0.493 e. The second kappa shape index (κ2) is 8.31. The molecule has 0 saturated heterocycles. The quantitative estimate of drug-likeness (QED) is 0.755. The van der Waals surface area contributed by atoms with Crippen LogP contribution in [0.1, 0.15) is 25.0 Å². The first-order valence-corrected chi connectivity index (χ1v) is 8.26. The molecule has 0 saturated carbocycles. The number of hydrogen-bond acceptors (Lipinski definition) is 3. The summed E-state index contributed by atoms with van der Waals surface area (Å²) in [5.41, 5.74) is 1.90. The van der Waals surface area contributed by atoms with E-state index in [1.165, 1.54) is 12.1 Å². The van der Waals surface area contributed by atoms with E-state index < -0.39 is 0 Å². The first-order chi connectivity index (χ1) is 11.0. The summed E-state index contributed by atoms with van der Waals surface area (Å²) in [5, 5.41) is 3.38. The Bertz CT molecular complexity index is 644. The molecular formula is C18H21BrFNO2. The molecule has 5 heteroatoms. The number of benzene rings is 2. The molecule has 124 valence electrons. The standard InChI is InChI=1S/C18H21BrFNO2/c1-12(2)21-10-15-16(19)8-9-17(22-3)18(15)23-11-13-4-6-14(20)7-5-13/h4-9,12,21H,10-11H2,1-3H3. The highest BCUT2D eigenvalue weighted by Crippen LogP contribution is 2.36. The summed E-state index contributed by atoms with van der Waals surface area (Å²) < 4.78 is 25.3. The third-order valence-electron chi connectivity index (χ3n) is 3.37. The van der Waals surface area contributed by atoms with Gasteiger partial charge >= 0.3 is 0 Å². The maximum atomic E-state index is 13.0. The summed E-state index contributed by atoms with van der Waals surface area (Å²) in [7, 11) is 1.62. The Labute approximate surface area is 144 Å². The lowest BCUT2D eigenvalue weighted by molar-refractivity contribution is 0.280. The van der Waals surface area contributed by atoms with Crippen molar-refractivity contribution in [2.75, 3.05) is 7.11 Å². The zero-order chi connectivity index (χ0) is 16.8. The fourth-order valence-electron chi connectivity index (χ4n) is 2.11. The lowest BCUT2D eigenvalue weighted by Gasteiger charge is -2.18. The van der Waals surface area contributed by atoms with Crippen LogP contribution in [-0.4, -0.2) is 13.2 Å². The summed E-state index contributed by atoms with van der Waals surface area (Å²) in [6.07, 6.45) is 0. The number of hydrogen-bond donors (Lipinski definition) is 1. The van der Waals surface area contributed by atoms with E-state index in [4.69, 9.17) is 9.47 Å². The Morgan fingerprint density at radius 1 is 1.13 bits per heavy atom. The molecule has 0 aliphatic rings. The van der Waals surface area contributed by atoms with E-state index in [-0.39, 0.29) is 5.82 Å². The van der Waals surface area contributed by atoms with Crippen LogP contribution in [0.15, 0.2) is 40.9 Å². The van der Waals surface area contributed by atoms with Gasteiger partial charge in [0, 0.05) is 22.6 Å². The zero-order valence-corrected chi connectivity index (χ0v) is 15.1. The third-order valence-corrected chi connectivity index (χ3v) is 4.11. The van der Waals surface area contributed by atoms with E-state index in [1.807, 2.05) is 12.1 Å². The molecule has 0 heterocycles. The van der Waals surface area contributed by atoms with Crippen molar-refractivity contribution in [1.29, 1.82) is 0 Å². The van der Waals surface area contributed by atoms with Crippen LogP contribution in [-0.2, 0) is 13.2 Å². The van der Waals surface area contributed by atoms with Gasteiger partial charge in [-0.25, -0.2) is 4.39 Å². The van der Waals surface area contributed by atoms with Crippen LogP contribution in [0.25, 0.3) is 0 Å². The van der Waals surface area contributed by atoms with Crippen LogP contribution in [0.2, 0.25) is 0 Å². The minimum Gasteiger partial charge on any atom is -0.493 e. The van der Waals surface area contributed by atoms with Gasteiger partial charge in [0.15, 0.2) is 11.5 Å². The lowest BCUT2D eigenvalue weighted by Crippen LogP contribution is -2.22. The van der Waals surface area contributed by atoms with Gasteiger partial charge in [0.1, 0.15) is 12.4 Å². The fraction of sp³-hybridized carbons (Fsp3) is 0.333. The van der Waals surface area contributed by atoms with Gasteiger partial charge in [-0.2, -0.15) is 0 Å². The van der Waals surface area contributed by atoms with E-state index in [0.29, 0.717) is 30.7 Å². The molecule has 0 spiro atoms. The van der Waals surface area contributed by atoms with Crippen LogP contribution in [0.3, 0.4) is 0 Å². The summed E-state index contributed by atoms with van der Waals surface area (Å²) in [4.78, 5) is 0. The van der Waals surface area contributed by atoms with Gasteiger partial charge in [0.2, 0.25) is 0 Å². The molecule has 0 atom stereocenters. The first kappa shape index (κ1) is 17.8. The van der Waals surface area contributed by atoms with Gasteiger partial charge in [0.05, 0.1) is 7.11 Å². The monoisotopic (exact) mass is 381 g/mol. The predicted molar refractivity (Wildman–Crippen MR) is 93.4 cm³/mol. The molecule has 0 unspecified atom stereocenters. The highest BCUT2D eigenvalue weighted by Gasteiger charge is 2.15. The topological polar surface area (TPSA) is 30.5 Å². The van der Waals surface area contributed by atoms with E-state index in [1.54, 1.807) is 19.2 Å². The lowest BCUT2D eigenvalue weighted by atomic mass is 10.1. The van der Waals surface area contributed by atoms with Crippen LogP contribution in [0, 0.1) is 5.82 Å². The number of ether oxygens (including phenoxy) is 2. The van der Waals surface area contributed by atoms with E-state index in [9.17, 15) is 4.39 Å². The van der Waals surface area contributed by atoms with Gasteiger partial charge in [-0.15, -0.1) is 0 Å². The maximum Gasteiger partial charge on any atom is 0.167 e. The Hall–Kier alpha value is -1.59. The van der Waals surface area contributed by atoms with Crippen molar-refractivity contribution in [3.8, 4) is 11.5 Å². The SMILES string of the molecule is COc1ccc(Br)c(CNC(C)C)c1OCc1ccc(F)cc1. The molecular weight excluding hydrogens is 361 g/mol. The zero-order valence-electron chi connectivity index (χ0n) is 13.5. The van der Waals surface area contributed by atoms with Crippen molar-refractivity contribution in [2.45, 2.75) is 33.0 Å². The summed E-state index contributed by atoms with van der Waals surface area (Å²) >= 11 is 3.57. The molecule has 0 aliphatic heterocycles. The molecule has 23 heavy (non-hydrogen) atoms. The molecule has 0 bridgehead atoms. The summed E-state index contributed by atoms with van der Waals surface area (Å²) in [6.45, 7) is 5.19. The average molecular weight is 382 g/mol. The molecule has 2 aromatic carbocycles. The Morgan fingerprint density at radius 2 is 1.83 bits per heavy atom. The van der Waals surface area contributed by atoms with Crippen molar-refractivity contribution in [3.63, 3.8) is 0 Å². The van der Waals surface area contributed by atoms with Gasteiger partial charge < -0.3 is 14.8 Å². The van der Waals surface area contributed by atoms with Gasteiger partial charge in [-0.3, -0.25) is 0 Å². The van der Waals surface area contributed by atoms with E-state index >= 15 is 0 Å².